The molecule has 0 aromatic carbocycles. The second-order valence-corrected chi connectivity index (χ2v) is 5.22. The highest BCUT2D eigenvalue weighted by Crippen LogP contribution is 2.16. The van der Waals surface area contributed by atoms with Gasteiger partial charge in [0.2, 0.25) is 0 Å². The Labute approximate surface area is 95.8 Å². The molecule has 1 heterocycles. The van der Waals surface area contributed by atoms with Crippen LogP contribution in [0.25, 0.3) is 0 Å². The zero-order chi connectivity index (χ0) is 11.3. The maximum Gasteiger partial charge on any atom is 0.316 e. The zero-order valence-electron chi connectivity index (χ0n) is 9.25. The van der Waals surface area contributed by atoms with E-state index in [9.17, 15) is 4.79 Å². The molecule has 1 rings (SSSR count). The van der Waals surface area contributed by atoms with E-state index < -0.39 is 0 Å². The average Bonchev–Trinajstić information content (AvgIpc) is 2.66. The van der Waals surface area contributed by atoms with E-state index in [2.05, 4.69) is 16.6 Å². The first kappa shape index (κ1) is 12.3. The van der Waals surface area contributed by atoms with E-state index in [0.29, 0.717) is 6.04 Å². The highest BCUT2D eigenvalue weighted by molar-refractivity contribution is 7.99. The Morgan fingerprint density at radius 3 is 2.80 bits per heavy atom. The first-order valence-electron chi connectivity index (χ1n) is 5.24. The van der Waals surface area contributed by atoms with Crippen LogP contribution >= 0.6 is 11.8 Å². The number of nitrogens with one attached hydrogen (secondary N) is 2. The Kier molecular flexibility index (Phi) is 4.83. The van der Waals surface area contributed by atoms with E-state index in [-0.39, 0.29) is 18.0 Å². The van der Waals surface area contributed by atoms with Crippen LogP contribution in [-0.4, -0.2) is 29.6 Å². The minimum Gasteiger partial charge on any atom is -0.335 e. The van der Waals surface area contributed by atoms with Gasteiger partial charge in [0.25, 0.3) is 0 Å². The molecule has 1 aliphatic heterocycles. The molecule has 0 aromatic heterocycles. The molecule has 0 saturated carbocycles. The van der Waals surface area contributed by atoms with Gasteiger partial charge in [0.05, 0.1) is 6.04 Å². The van der Waals surface area contributed by atoms with E-state index in [4.69, 9.17) is 6.42 Å². The van der Waals surface area contributed by atoms with Crippen molar-refractivity contribution in [3.05, 3.63) is 0 Å². The lowest BCUT2D eigenvalue weighted by Crippen LogP contribution is -2.47. The molecule has 0 bridgehead atoms. The van der Waals surface area contributed by atoms with Gasteiger partial charge in [0.15, 0.2) is 0 Å². The summed E-state index contributed by atoms with van der Waals surface area (Å²) in [5.41, 5.74) is 0. The van der Waals surface area contributed by atoms with Gasteiger partial charge in [-0.05, 0) is 18.1 Å². The Morgan fingerprint density at radius 2 is 2.33 bits per heavy atom. The third-order valence-corrected chi connectivity index (χ3v) is 3.56. The molecule has 2 amide bonds. The lowest BCUT2D eigenvalue weighted by atomic mass is 10.1. The number of carbonyl (C=O) groups excluding carboxylic acids is 1. The molecule has 0 aliphatic carbocycles. The van der Waals surface area contributed by atoms with Crippen LogP contribution in [0.3, 0.4) is 0 Å². The third-order valence-electron chi connectivity index (χ3n) is 2.40. The zero-order valence-corrected chi connectivity index (χ0v) is 10.1. The van der Waals surface area contributed by atoms with Crippen molar-refractivity contribution in [2.24, 2.45) is 5.92 Å². The molecule has 2 unspecified atom stereocenters. The van der Waals surface area contributed by atoms with Gasteiger partial charge in [-0.15, -0.1) is 6.42 Å². The number of urea groups is 1. The number of hydrogen-bond acceptors (Lipinski definition) is 2. The quantitative estimate of drug-likeness (QED) is 0.715. The Bertz CT molecular complexity index is 254. The molecule has 0 radical (unpaired) electrons. The van der Waals surface area contributed by atoms with Gasteiger partial charge in [-0.2, -0.15) is 11.8 Å². The van der Waals surface area contributed by atoms with Crippen LogP contribution in [0.2, 0.25) is 0 Å². The van der Waals surface area contributed by atoms with Crippen molar-refractivity contribution in [2.45, 2.75) is 32.4 Å². The van der Waals surface area contributed by atoms with Crippen LogP contribution in [0.15, 0.2) is 0 Å². The Morgan fingerprint density at radius 1 is 1.60 bits per heavy atom. The molecular weight excluding hydrogens is 208 g/mol. The van der Waals surface area contributed by atoms with Crippen molar-refractivity contribution < 1.29 is 4.79 Å². The summed E-state index contributed by atoms with van der Waals surface area (Å²) < 4.78 is 0. The predicted octanol–water partition coefficient (Wildman–Crippen LogP) is 1.45. The first-order valence-corrected chi connectivity index (χ1v) is 6.40. The summed E-state index contributed by atoms with van der Waals surface area (Å²) in [5.74, 6) is 4.99. The van der Waals surface area contributed by atoms with Crippen molar-refractivity contribution in [3.8, 4) is 12.3 Å². The van der Waals surface area contributed by atoms with Gasteiger partial charge in [-0.25, -0.2) is 4.79 Å². The summed E-state index contributed by atoms with van der Waals surface area (Å²) in [6.07, 6.45) is 6.39. The maximum atomic E-state index is 11.5. The average molecular weight is 226 g/mol. The van der Waals surface area contributed by atoms with Gasteiger partial charge in [0.1, 0.15) is 0 Å². The van der Waals surface area contributed by atoms with Crippen molar-refractivity contribution in [1.82, 2.24) is 10.6 Å². The standard InChI is InChI=1S/C11H18N2OS/c1-4-10(8(2)3)13-11(14)12-9-5-6-15-7-9/h1,8-10H,5-7H2,2-3H3,(H2,12,13,14). The lowest BCUT2D eigenvalue weighted by molar-refractivity contribution is 0.234. The Hall–Kier alpha value is -0.820. The smallest absolute Gasteiger partial charge is 0.316 e. The monoisotopic (exact) mass is 226 g/mol. The summed E-state index contributed by atoms with van der Waals surface area (Å²) in [6.45, 7) is 3.99. The van der Waals surface area contributed by atoms with Gasteiger partial charge >= 0.3 is 6.03 Å². The van der Waals surface area contributed by atoms with Crippen molar-refractivity contribution in [2.75, 3.05) is 11.5 Å². The molecular formula is C11H18N2OS. The fourth-order valence-electron chi connectivity index (χ4n) is 1.42. The van der Waals surface area contributed by atoms with E-state index in [1.807, 2.05) is 25.6 Å². The fraction of sp³-hybridized carbons (Fsp3) is 0.727. The molecule has 4 heteroatoms. The molecule has 84 valence electrons. The molecule has 1 aliphatic rings. The van der Waals surface area contributed by atoms with E-state index >= 15 is 0 Å². The molecule has 0 aromatic rings. The van der Waals surface area contributed by atoms with Crippen LogP contribution in [0, 0.1) is 18.3 Å². The second-order valence-electron chi connectivity index (χ2n) is 4.07. The minimum absolute atomic E-state index is 0.140. The number of rotatable bonds is 3. The van der Waals surface area contributed by atoms with Gasteiger partial charge in [-0.1, -0.05) is 19.8 Å². The van der Waals surface area contributed by atoms with Gasteiger partial charge in [0, 0.05) is 11.8 Å². The second kappa shape index (κ2) is 5.92. The van der Waals surface area contributed by atoms with Crippen LogP contribution < -0.4 is 10.6 Å². The first-order chi connectivity index (χ1) is 7.13. The molecule has 1 saturated heterocycles. The number of terminal acetylenes is 1. The van der Waals surface area contributed by atoms with Crippen molar-refractivity contribution in [1.29, 1.82) is 0 Å². The number of hydrogen-bond donors (Lipinski definition) is 2. The van der Waals surface area contributed by atoms with Crippen LogP contribution in [-0.2, 0) is 0 Å². The van der Waals surface area contributed by atoms with Crippen molar-refractivity contribution >= 4 is 17.8 Å². The minimum atomic E-state index is -0.181. The maximum absolute atomic E-state index is 11.5. The molecule has 15 heavy (non-hydrogen) atoms. The van der Waals surface area contributed by atoms with Gasteiger partial charge in [-0.3, -0.25) is 0 Å². The molecule has 1 fully saturated rings. The molecule has 2 atom stereocenters. The van der Waals surface area contributed by atoms with Crippen LogP contribution in [0.5, 0.6) is 0 Å². The van der Waals surface area contributed by atoms with Crippen molar-refractivity contribution in [3.63, 3.8) is 0 Å². The normalized spacial score (nSPS) is 22.1. The van der Waals surface area contributed by atoms with Crippen LogP contribution in [0.1, 0.15) is 20.3 Å². The van der Waals surface area contributed by atoms with Gasteiger partial charge < -0.3 is 10.6 Å². The third kappa shape index (κ3) is 4.05. The summed E-state index contributed by atoms with van der Waals surface area (Å²) in [6, 6.07) is -0.0150. The van der Waals surface area contributed by atoms with Crippen LogP contribution in [0.4, 0.5) is 4.79 Å². The molecule has 3 nitrogen and oxygen atoms in total. The van der Waals surface area contributed by atoms with E-state index in [1.54, 1.807) is 0 Å². The predicted molar refractivity (Wildman–Crippen MR) is 64.9 cm³/mol. The SMILES string of the molecule is C#CC(NC(=O)NC1CCSC1)C(C)C. The summed E-state index contributed by atoms with van der Waals surface area (Å²) >= 11 is 1.87. The number of carbonyl (C=O) groups is 1. The number of amides is 2. The summed E-state index contributed by atoms with van der Waals surface area (Å²) in [5, 5.41) is 5.73. The summed E-state index contributed by atoms with van der Waals surface area (Å²) in [7, 11) is 0. The largest absolute Gasteiger partial charge is 0.335 e. The Balaban J connectivity index is 2.31. The van der Waals surface area contributed by atoms with E-state index in [1.165, 1.54) is 0 Å². The summed E-state index contributed by atoms with van der Waals surface area (Å²) in [4.78, 5) is 11.5. The highest BCUT2D eigenvalue weighted by atomic mass is 32.2. The van der Waals surface area contributed by atoms with E-state index in [0.717, 1.165) is 17.9 Å². The molecule has 0 spiro atoms. The fourth-order valence-corrected chi connectivity index (χ4v) is 2.57. The number of thioether (sulfide) groups is 1. The topological polar surface area (TPSA) is 41.1 Å². The lowest BCUT2D eigenvalue weighted by Gasteiger charge is -2.19. The highest BCUT2D eigenvalue weighted by Gasteiger charge is 2.19. The molecule has 2 N–H and O–H groups in total.